The van der Waals surface area contributed by atoms with Crippen molar-refractivity contribution in [3.8, 4) is 6.07 Å². The summed E-state index contributed by atoms with van der Waals surface area (Å²) in [6.07, 6.45) is 0.699. The van der Waals surface area contributed by atoms with Crippen LogP contribution in [0.2, 0.25) is 0 Å². The van der Waals surface area contributed by atoms with Gasteiger partial charge in [-0.2, -0.15) is 5.26 Å². The second-order valence-electron chi connectivity index (χ2n) is 7.12. The molecule has 122 valence electrons. The number of aromatic nitrogens is 1. The summed E-state index contributed by atoms with van der Waals surface area (Å²) >= 11 is 0. The van der Waals surface area contributed by atoms with Gasteiger partial charge in [0.15, 0.2) is 0 Å². The van der Waals surface area contributed by atoms with Crippen molar-refractivity contribution in [3.05, 3.63) is 23.0 Å². The molecule has 1 aromatic rings. The zero-order chi connectivity index (χ0) is 16.5. The Labute approximate surface area is 133 Å². The molecule has 2 rings (SSSR count). The smallest absolute Gasteiger partial charge is 0.120 e. The molecule has 0 amide bonds. The van der Waals surface area contributed by atoms with E-state index >= 15 is 0 Å². The highest BCUT2D eigenvalue weighted by atomic mass is 16.5. The van der Waals surface area contributed by atoms with E-state index in [1.54, 1.807) is 7.11 Å². The number of rotatable bonds is 4. The van der Waals surface area contributed by atoms with Crippen LogP contribution in [0.25, 0.3) is 0 Å². The summed E-state index contributed by atoms with van der Waals surface area (Å²) in [6.45, 7) is 9.06. The van der Waals surface area contributed by atoms with Crippen molar-refractivity contribution < 1.29 is 9.84 Å². The van der Waals surface area contributed by atoms with Gasteiger partial charge in [0.1, 0.15) is 11.8 Å². The van der Waals surface area contributed by atoms with Crippen LogP contribution >= 0.6 is 0 Å². The highest BCUT2D eigenvalue weighted by Gasteiger charge is 2.47. The van der Waals surface area contributed by atoms with Gasteiger partial charge in [-0.3, -0.25) is 4.90 Å². The van der Waals surface area contributed by atoms with Crippen molar-refractivity contribution in [2.75, 3.05) is 26.8 Å². The quantitative estimate of drug-likeness (QED) is 0.921. The average Bonchev–Trinajstić information content (AvgIpc) is 2.71. The van der Waals surface area contributed by atoms with Crippen molar-refractivity contribution in [1.29, 1.82) is 5.26 Å². The molecule has 0 aliphatic carbocycles. The van der Waals surface area contributed by atoms with Gasteiger partial charge < -0.3 is 14.4 Å². The summed E-state index contributed by atoms with van der Waals surface area (Å²) in [6, 6.07) is 4.20. The minimum atomic E-state index is -0.776. The molecular weight excluding hydrogens is 278 g/mol. The third-order valence-electron chi connectivity index (χ3n) is 5.25. The molecule has 0 aromatic carbocycles. The van der Waals surface area contributed by atoms with E-state index in [0.717, 1.165) is 25.3 Å². The summed E-state index contributed by atoms with van der Waals surface area (Å²) < 4.78 is 7.15. The Kier molecular flexibility index (Phi) is 4.67. The molecule has 0 bridgehead atoms. The summed E-state index contributed by atoms with van der Waals surface area (Å²) in [5.41, 5.74) is 2.00. The Bertz CT molecular complexity index is 585. The maximum absolute atomic E-state index is 10.8. The van der Waals surface area contributed by atoms with Crippen molar-refractivity contribution in [2.24, 2.45) is 12.5 Å². The number of hydrogen-bond donors (Lipinski definition) is 1. The van der Waals surface area contributed by atoms with Crippen LogP contribution in [-0.2, 0) is 18.3 Å². The molecule has 1 atom stereocenters. The van der Waals surface area contributed by atoms with Crippen molar-refractivity contribution in [2.45, 2.75) is 39.3 Å². The molecule has 0 saturated carbocycles. The number of ether oxygens (including phenoxy) is 1. The Morgan fingerprint density at radius 2 is 2.14 bits per heavy atom. The first-order chi connectivity index (χ1) is 10.2. The number of methoxy groups -OCH3 is 1. The number of hydrogen-bond acceptors (Lipinski definition) is 4. The minimum Gasteiger partial charge on any atom is -0.387 e. The van der Waals surface area contributed by atoms with E-state index in [2.05, 4.69) is 24.8 Å². The molecule has 1 aliphatic heterocycles. The number of nitrogens with zero attached hydrogens (tertiary/aromatic N) is 3. The van der Waals surface area contributed by atoms with Crippen LogP contribution in [0.4, 0.5) is 0 Å². The third-order valence-corrected chi connectivity index (χ3v) is 5.25. The van der Waals surface area contributed by atoms with Crippen LogP contribution in [0.5, 0.6) is 0 Å². The standard InChI is InChI=1S/C17H27N3O2/c1-13-14(8-15(9-18)19(13)4)10-20-7-6-17(21,12-22-5)16(2,3)11-20/h8,21H,6-7,10-12H2,1-5H3/t17-/m1/s1. The van der Waals surface area contributed by atoms with Gasteiger partial charge in [-0.05, 0) is 25.0 Å². The molecule has 5 heteroatoms. The van der Waals surface area contributed by atoms with Gasteiger partial charge in [-0.25, -0.2) is 0 Å². The van der Waals surface area contributed by atoms with Crippen LogP contribution in [0, 0.1) is 23.7 Å². The lowest BCUT2D eigenvalue weighted by molar-refractivity contribution is -0.151. The fourth-order valence-electron chi connectivity index (χ4n) is 3.38. The van der Waals surface area contributed by atoms with Crippen LogP contribution in [0.15, 0.2) is 6.07 Å². The Morgan fingerprint density at radius 3 is 2.64 bits per heavy atom. The molecule has 0 radical (unpaired) electrons. The predicted octanol–water partition coefficient (Wildman–Crippen LogP) is 1.81. The first-order valence-corrected chi connectivity index (χ1v) is 7.73. The van der Waals surface area contributed by atoms with Gasteiger partial charge in [0.25, 0.3) is 0 Å². The number of likely N-dealkylation sites (tertiary alicyclic amines) is 1. The van der Waals surface area contributed by atoms with E-state index in [9.17, 15) is 5.11 Å². The first kappa shape index (κ1) is 17.0. The summed E-state index contributed by atoms with van der Waals surface area (Å²) in [7, 11) is 3.56. The van der Waals surface area contributed by atoms with Crippen LogP contribution in [-0.4, -0.2) is 47.0 Å². The highest BCUT2D eigenvalue weighted by molar-refractivity contribution is 5.34. The zero-order valence-corrected chi connectivity index (χ0v) is 14.3. The van der Waals surface area contributed by atoms with Gasteiger partial charge in [-0.1, -0.05) is 13.8 Å². The summed E-state index contributed by atoms with van der Waals surface area (Å²) in [4.78, 5) is 2.35. The van der Waals surface area contributed by atoms with E-state index in [-0.39, 0.29) is 5.41 Å². The second kappa shape index (κ2) is 6.04. The highest BCUT2D eigenvalue weighted by Crippen LogP contribution is 2.39. The average molecular weight is 305 g/mol. The van der Waals surface area contributed by atoms with E-state index in [0.29, 0.717) is 18.7 Å². The van der Waals surface area contributed by atoms with Crippen LogP contribution in [0.1, 0.15) is 37.2 Å². The van der Waals surface area contributed by atoms with Gasteiger partial charge in [-0.15, -0.1) is 0 Å². The van der Waals surface area contributed by atoms with E-state index in [4.69, 9.17) is 10.00 Å². The van der Waals surface area contributed by atoms with Crippen molar-refractivity contribution in [1.82, 2.24) is 9.47 Å². The lowest BCUT2D eigenvalue weighted by Gasteiger charge is -2.50. The van der Waals surface area contributed by atoms with Gasteiger partial charge in [0.2, 0.25) is 0 Å². The predicted molar refractivity (Wildman–Crippen MR) is 85.4 cm³/mol. The van der Waals surface area contributed by atoms with Gasteiger partial charge >= 0.3 is 0 Å². The van der Waals surface area contributed by atoms with Gasteiger partial charge in [0, 0.05) is 44.9 Å². The SMILES string of the molecule is COC[C@]1(O)CCN(Cc2cc(C#N)n(C)c2C)CC1(C)C. The van der Waals surface area contributed by atoms with E-state index < -0.39 is 5.60 Å². The summed E-state index contributed by atoms with van der Waals surface area (Å²) in [5.74, 6) is 0. The molecular formula is C17H27N3O2. The molecule has 22 heavy (non-hydrogen) atoms. The molecule has 1 aliphatic rings. The van der Waals surface area contributed by atoms with Gasteiger partial charge in [0.05, 0.1) is 12.2 Å². The molecule has 2 heterocycles. The van der Waals surface area contributed by atoms with Crippen molar-refractivity contribution in [3.63, 3.8) is 0 Å². The largest absolute Gasteiger partial charge is 0.387 e. The topological polar surface area (TPSA) is 61.4 Å². The molecule has 1 fully saturated rings. The Hall–Kier alpha value is -1.35. The minimum absolute atomic E-state index is 0.234. The third kappa shape index (κ3) is 2.91. The maximum atomic E-state index is 10.8. The first-order valence-electron chi connectivity index (χ1n) is 7.73. The fraction of sp³-hybridized carbons (Fsp3) is 0.706. The lowest BCUT2D eigenvalue weighted by atomic mass is 9.70. The Balaban J connectivity index is 2.13. The summed E-state index contributed by atoms with van der Waals surface area (Å²) in [5, 5.41) is 20.0. The molecule has 5 nitrogen and oxygen atoms in total. The monoisotopic (exact) mass is 305 g/mol. The molecule has 0 unspecified atom stereocenters. The Morgan fingerprint density at radius 1 is 1.45 bits per heavy atom. The fourth-order valence-corrected chi connectivity index (χ4v) is 3.38. The molecule has 1 saturated heterocycles. The normalized spacial score (nSPS) is 25.1. The molecule has 1 aromatic heterocycles. The van der Waals surface area contributed by atoms with Crippen LogP contribution < -0.4 is 0 Å². The number of nitriles is 1. The zero-order valence-electron chi connectivity index (χ0n) is 14.3. The number of piperidine rings is 1. The molecule has 1 N–H and O–H groups in total. The van der Waals surface area contributed by atoms with Crippen molar-refractivity contribution >= 4 is 0 Å². The van der Waals surface area contributed by atoms with E-state index in [1.165, 1.54) is 5.56 Å². The maximum Gasteiger partial charge on any atom is 0.120 e. The van der Waals surface area contributed by atoms with Crippen LogP contribution in [0.3, 0.4) is 0 Å². The second-order valence-corrected chi connectivity index (χ2v) is 7.12. The van der Waals surface area contributed by atoms with E-state index in [1.807, 2.05) is 24.6 Å². The lowest BCUT2D eigenvalue weighted by Crippen LogP contribution is -2.59. The molecule has 0 spiro atoms. The number of aliphatic hydroxyl groups is 1.